The van der Waals surface area contributed by atoms with Gasteiger partial charge in [-0.15, -0.1) is 5.10 Å². The van der Waals surface area contributed by atoms with Crippen LogP contribution < -0.4 is 0 Å². The lowest BCUT2D eigenvalue weighted by Crippen LogP contribution is -2.23. The number of ether oxygens (including phenoxy) is 1. The molecule has 0 saturated heterocycles. The maximum absolute atomic E-state index is 11.9. The third-order valence-electron chi connectivity index (χ3n) is 2.57. The zero-order chi connectivity index (χ0) is 14.5. The van der Waals surface area contributed by atoms with Gasteiger partial charge in [0.25, 0.3) is 0 Å². The zero-order valence-electron chi connectivity index (χ0n) is 12.4. The zero-order valence-corrected chi connectivity index (χ0v) is 13.2. The molecule has 5 nitrogen and oxygen atoms in total. The minimum absolute atomic E-state index is 0.192. The Bertz CT molecular complexity index is 424. The van der Waals surface area contributed by atoms with Gasteiger partial charge in [-0.1, -0.05) is 32.9 Å². The molecule has 0 atom stereocenters. The van der Waals surface area contributed by atoms with Gasteiger partial charge in [-0.25, -0.2) is 9.48 Å². The van der Waals surface area contributed by atoms with E-state index in [-0.39, 0.29) is 11.4 Å². The van der Waals surface area contributed by atoms with Crippen LogP contribution in [0.1, 0.15) is 50.8 Å². The largest absolute Gasteiger partial charge is 0.461 e. The fourth-order valence-electron chi connectivity index (χ4n) is 1.84. The number of nitrogens with zero attached hydrogens (tertiary/aromatic N) is 3. The first-order valence-electron chi connectivity index (χ1n) is 6.60. The summed E-state index contributed by atoms with van der Waals surface area (Å²) in [7, 11) is 0. The van der Waals surface area contributed by atoms with Crippen molar-refractivity contribution < 1.29 is 9.53 Å². The summed E-state index contributed by atoms with van der Waals surface area (Å²) in [6.07, 6.45) is 0. The van der Waals surface area contributed by atoms with E-state index in [1.54, 1.807) is 6.92 Å². The van der Waals surface area contributed by atoms with Crippen LogP contribution in [0.3, 0.4) is 0 Å². The Morgan fingerprint density at radius 1 is 1.37 bits per heavy atom. The summed E-state index contributed by atoms with van der Waals surface area (Å²) < 4.78 is 6.87. The van der Waals surface area contributed by atoms with Crippen molar-refractivity contribution >= 4 is 17.7 Å². The molecule has 0 amide bonds. The number of hydrogen-bond acceptors (Lipinski definition) is 5. The number of carbonyl (C=O) groups excluding carboxylic acids is 1. The van der Waals surface area contributed by atoms with Gasteiger partial charge in [-0.05, 0) is 12.7 Å². The summed E-state index contributed by atoms with van der Waals surface area (Å²) in [5.41, 5.74) is 1.00. The van der Waals surface area contributed by atoms with Gasteiger partial charge in [0.1, 0.15) is 0 Å². The number of aryl methyl sites for hydroxylation is 1. The van der Waals surface area contributed by atoms with Gasteiger partial charge in [0.15, 0.2) is 5.69 Å². The molecule has 0 aliphatic heterocycles. The van der Waals surface area contributed by atoms with E-state index >= 15 is 0 Å². The first-order chi connectivity index (χ1) is 8.91. The van der Waals surface area contributed by atoms with E-state index in [0.717, 1.165) is 23.7 Å². The van der Waals surface area contributed by atoms with E-state index < -0.39 is 0 Å². The molecule has 0 aromatic carbocycles. The number of esters is 1. The number of rotatable bonds is 6. The molecular formula is C13H23N3O2S. The summed E-state index contributed by atoms with van der Waals surface area (Å²) in [6.45, 7) is 11.2. The molecule has 1 heterocycles. The maximum Gasteiger partial charge on any atom is 0.360 e. The van der Waals surface area contributed by atoms with Crippen molar-refractivity contribution in [1.82, 2.24) is 15.0 Å². The third-order valence-corrected chi connectivity index (χ3v) is 3.45. The number of thioether (sulfide) groups is 1. The highest BCUT2D eigenvalue weighted by Crippen LogP contribution is 2.25. The molecular weight excluding hydrogens is 262 g/mol. The van der Waals surface area contributed by atoms with Gasteiger partial charge in [-0.3, -0.25) is 0 Å². The van der Waals surface area contributed by atoms with Crippen molar-refractivity contribution in [3.63, 3.8) is 0 Å². The highest BCUT2D eigenvalue weighted by Gasteiger charge is 2.29. The minimum Gasteiger partial charge on any atom is -0.461 e. The van der Waals surface area contributed by atoms with E-state index in [2.05, 4.69) is 38.0 Å². The van der Waals surface area contributed by atoms with Crippen LogP contribution in [0, 0.1) is 0 Å². The van der Waals surface area contributed by atoms with Gasteiger partial charge in [0.2, 0.25) is 0 Å². The molecule has 108 valence electrons. The Balaban J connectivity index is 3.02. The summed E-state index contributed by atoms with van der Waals surface area (Å²) in [5.74, 6) is 1.65. The topological polar surface area (TPSA) is 57.0 Å². The molecule has 6 heteroatoms. The van der Waals surface area contributed by atoms with Crippen molar-refractivity contribution in [2.75, 3.05) is 18.1 Å². The molecule has 0 spiro atoms. The van der Waals surface area contributed by atoms with Crippen molar-refractivity contribution in [2.45, 2.75) is 46.6 Å². The predicted molar refractivity (Wildman–Crippen MR) is 77.7 cm³/mol. The fraction of sp³-hybridized carbons (Fsp3) is 0.769. The summed E-state index contributed by atoms with van der Waals surface area (Å²) in [5, 5.41) is 8.12. The Morgan fingerprint density at radius 3 is 2.58 bits per heavy atom. The average Bonchev–Trinajstić information content (AvgIpc) is 2.73. The minimum atomic E-state index is -0.387. The predicted octanol–water partition coefficient (Wildman–Crippen LogP) is 2.51. The van der Waals surface area contributed by atoms with Crippen LogP contribution in [0.15, 0.2) is 0 Å². The van der Waals surface area contributed by atoms with Crippen LogP contribution in [-0.2, 0) is 16.7 Å². The van der Waals surface area contributed by atoms with E-state index in [1.165, 1.54) is 0 Å². The van der Waals surface area contributed by atoms with Crippen molar-refractivity contribution in [3.05, 3.63) is 11.4 Å². The lowest BCUT2D eigenvalue weighted by Gasteiger charge is -2.20. The average molecular weight is 285 g/mol. The summed E-state index contributed by atoms with van der Waals surface area (Å²) in [4.78, 5) is 11.9. The molecule has 0 unspecified atom stereocenters. The molecule has 0 aliphatic carbocycles. The smallest absolute Gasteiger partial charge is 0.360 e. The molecule has 0 aliphatic rings. The molecule has 1 aromatic heterocycles. The van der Waals surface area contributed by atoms with E-state index in [9.17, 15) is 4.79 Å². The van der Waals surface area contributed by atoms with Gasteiger partial charge in [0, 0.05) is 11.2 Å². The van der Waals surface area contributed by atoms with Crippen LogP contribution in [0.5, 0.6) is 0 Å². The van der Waals surface area contributed by atoms with Crippen LogP contribution in [0.2, 0.25) is 0 Å². The summed E-state index contributed by atoms with van der Waals surface area (Å²) in [6, 6.07) is 0. The Kier molecular flexibility index (Phi) is 5.85. The molecule has 0 N–H and O–H groups in total. The fourth-order valence-corrected chi connectivity index (χ4v) is 2.43. The number of carbonyl (C=O) groups is 1. The van der Waals surface area contributed by atoms with Crippen molar-refractivity contribution in [2.24, 2.45) is 0 Å². The lowest BCUT2D eigenvalue weighted by atomic mass is 9.90. The molecule has 0 fully saturated rings. The SMILES string of the molecule is CCOC(=O)c1nnn(CCSCC)c1C(C)(C)C. The van der Waals surface area contributed by atoms with Crippen LogP contribution in [0.25, 0.3) is 0 Å². The second-order valence-electron chi connectivity index (χ2n) is 5.18. The highest BCUT2D eigenvalue weighted by atomic mass is 32.2. The standard InChI is InChI=1S/C13H23N3O2S/c1-6-18-12(17)10-11(13(3,4)5)16(15-14-10)8-9-19-7-2/h6-9H2,1-5H3. The second kappa shape index (κ2) is 6.93. The molecule has 1 rings (SSSR count). The van der Waals surface area contributed by atoms with Crippen LogP contribution >= 0.6 is 11.8 Å². The highest BCUT2D eigenvalue weighted by molar-refractivity contribution is 7.99. The van der Waals surface area contributed by atoms with Gasteiger partial charge >= 0.3 is 5.97 Å². The molecule has 0 saturated carbocycles. The lowest BCUT2D eigenvalue weighted by molar-refractivity contribution is 0.0516. The monoisotopic (exact) mass is 285 g/mol. The van der Waals surface area contributed by atoms with Crippen molar-refractivity contribution in [3.8, 4) is 0 Å². The molecule has 0 radical (unpaired) electrons. The Morgan fingerprint density at radius 2 is 2.05 bits per heavy atom. The van der Waals surface area contributed by atoms with Gasteiger partial charge in [0.05, 0.1) is 18.8 Å². The van der Waals surface area contributed by atoms with Crippen LogP contribution in [0.4, 0.5) is 0 Å². The van der Waals surface area contributed by atoms with E-state index in [4.69, 9.17) is 4.74 Å². The van der Waals surface area contributed by atoms with E-state index in [0.29, 0.717) is 12.3 Å². The maximum atomic E-state index is 11.9. The molecule has 0 bridgehead atoms. The third kappa shape index (κ3) is 4.23. The molecule has 1 aromatic rings. The van der Waals surface area contributed by atoms with Gasteiger partial charge < -0.3 is 4.74 Å². The number of aromatic nitrogens is 3. The normalized spacial score (nSPS) is 11.6. The van der Waals surface area contributed by atoms with Gasteiger partial charge in [-0.2, -0.15) is 11.8 Å². The second-order valence-corrected chi connectivity index (χ2v) is 6.57. The Labute approximate surface area is 119 Å². The number of hydrogen-bond donors (Lipinski definition) is 0. The summed E-state index contributed by atoms with van der Waals surface area (Å²) >= 11 is 1.85. The molecule has 19 heavy (non-hydrogen) atoms. The van der Waals surface area contributed by atoms with E-state index in [1.807, 2.05) is 16.4 Å². The quantitative estimate of drug-likeness (QED) is 0.594. The van der Waals surface area contributed by atoms with Crippen LogP contribution in [-0.4, -0.2) is 39.1 Å². The van der Waals surface area contributed by atoms with Crippen molar-refractivity contribution in [1.29, 1.82) is 0 Å². The first kappa shape index (κ1) is 16.0. The Hall–Kier alpha value is -1.04. The first-order valence-corrected chi connectivity index (χ1v) is 7.76.